The van der Waals surface area contributed by atoms with Crippen LogP contribution in [0.3, 0.4) is 0 Å². The van der Waals surface area contributed by atoms with Crippen molar-refractivity contribution in [3.63, 3.8) is 0 Å². The summed E-state index contributed by atoms with van der Waals surface area (Å²) < 4.78 is 0. The SMILES string of the molecule is CC(C)(C)N1CC[NH+](C(C)(C)C)C1.[Cl-]. The molecule has 1 atom stereocenters. The van der Waals surface area contributed by atoms with E-state index in [2.05, 4.69) is 46.4 Å². The molecule has 0 bridgehead atoms. The highest BCUT2D eigenvalue weighted by Crippen LogP contribution is 2.13. The predicted octanol–water partition coefficient (Wildman–Crippen LogP) is -2.25. The van der Waals surface area contributed by atoms with Crippen LogP contribution >= 0.6 is 0 Å². The van der Waals surface area contributed by atoms with Gasteiger partial charge in [0.25, 0.3) is 0 Å². The molecule has 0 aromatic heterocycles. The van der Waals surface area contributed by atoms with E-state index in [9.17, 15) is 0 Å². The van der Waals surface area contributed by atoms with Crippen LogP contribution in [0.25, 0.3) is 0 Å². The predicted molar refractivity (Wildman–Crippen MR) is 56.9 cm³/mol. The fourth-order valence-corrected chi connectivity index (χ4v) is 1.84. The number of hydrogen-bond acceptors (Lipinski definition) is 1. The summed E-state index contributed by atoms with van der Waals surface area (Å²) in [6.45, 7) is 17.6. The summed E-state index contributed by atoms with van der Waals surface area (Å²) in [7, 11) is 0. The lowest BCUT2D eigenvalue weighted by Gasteiger charge is -2.32. The Morgan fingerprint density at radius 2 is 1.50 bits per heavy atom. The van der Waals surface area contributed by atoms with Crippen molar-refractivity contribution in [1.82, 2.24) is 4.90 Å². The van der Waals surface area contributed by atoms with Crippen molar-refractivity contribution in [2.75, 3.05) is 19.8 Å². The first-order chi connectivity index (χ1) is 5.71. The molecule has 86 valence electrons. The van der Waals surface area contributed by atoms with E-state index < -0.39 is 0 Å². The van der Waals surface area contributed by atoms with Gasteiger partial charge in [-0.3, -0.25) is 0 Å². The maximum absolute atomic E-state index is 2.58. The number of halogens is 1. The number of hydrogen-bond donors (Lipinski definition) is 1. The third-order valence-corrected chi connectivity index (χ3v) is 3.07. The maximum atomic E-state index is 2.58. The molecule has 14 heavy (non-hydrogen) atoms. The normalized spacial score (nSPS) is 24.9. The monoisotopic (exact) mass is 220 g/mol. The van der Waals surface area contributed by atoms with E-state index in [1.807, 2.05) is 0 Å². The first-order valence-electron chi connectivity index (χ1n) is 5.31. The van der Waals surface area contributed by atoms with Crippen LogP contribution in [-0.4, -0.2) is 35.7 Å². The molecule has 2 nitrogen and oxygen atoms in total. The van der Waals surface area contributed by atoms with Crippen molar-refractivity contribution in [2.45, 2.75) is 52.6 Å². The summed E-state index contributed by atoms with van der Waals surface area (Å²) >= 11 is 0. The molecule has 1 heterocycles. The summed E-state index contributed by atoms with van der Waals surface area (Å²) in [6, 6.07) is 0. The molecule has 1 unspecified atom stereocenters. The van der Waals surface area contributed by atoms with Gasteiger partial charge in [-0.15, -0.1) is 0 Å². The molecule has 1 aliphatic heterocycles. The lowest BCUT2D eigenvalue weighted by molar-refractivity contribution is -0.939. The number of rotatable bonds is 0. The van der Waals surface area contributed by atoms with Crippen LogP contribution in [-0.2, 0) is 0 Å². The number of quaternary nitrogens is 1. The molecule has 1 aliphatic rings. The Morgan fingerprint density at radius 3 is 1.71 bits per heavy atom. The van der Waals surface area contributed by atoms with Gasteiger partial charge in [-0.1, -0.05) is 0 Å². The van der Waals surface area contributed by atoms with E-state index in [0.29, 0.717) is 11.1 Å². The molecule has 3 heteroatoms. The van der Waals surface area contributed by atoms with Gasteiger partial charge < -0.3 is 17.3 Å². The highest BCUT2D eigenvalue weighted by molar-refractivity contribution is 4.76. The van der Waals surface area contributed by atoms with Gasteiger partial charge in [-0.2, -0.15) is 0 Å². The Labute approximate surface area is 95.1 Å². The van der Waals surface area contributed by atoms with Crippen LogP contribution in [0.4, 0.5) is 0 Å². The summed E-state index contributed by atoms with van der Waals surface area (Å²) in [5, 5.41) is 0. The molecule has 0 aromatic rings. The van der Waals surface area contributed by atoms with Crippen molar-refractivity contribution < 1.29 is 17.3 Å². The van der Waals surface area contributed by atoms with Crippen molar-refractivity contribution in [2.24, 2.45) is 0 Å². The molecule has 0 radical (unpaired) electrons. The quantitative estimate of drug-likeness (QED) is 0.485. The summed E-state index contributed by atoms with van der Waals surface area (Å²) in [6.07, 6.45) is 0. The Morgan fingerprint density at radius 1 is 1.00 bits per heavy atom. The standard InChI is InChI=1S/C11H24N2.ClH/c1-10(2,3)12-7-8-13(9-12)11(4,5)6;/h7-9H2,1-6H3;1H. The second-order valence-corrected chi connectivity index (χ2v) is 6.20. The fourth-order valence-electron chi connectivity index (χ4n) is 1.84. The second-order valence-electron chi connectivity index (χ2n) is 6.20. The van der Waals surface area contributed by atoms with Crippen LogP contribution in [0.15, 0.2) is 0 Å². The van der Waals surface area contributed by atoms with E-state index in [4.69, 9.17) is 0 Å². The third kappa shape index (κ3) is 3.41. The summed E-state index contributed by atoms with van der Waals surface area (Å²) in [5.74, 6) is 0. The van der Waals surface area contributed by atoms with Crippen LogP contribution in [0.5, 0.6) is 0 Å². The molecule has 0 aliphatic carbocycles. The largest absolute Gasteiger partial charge is 1.00 e. The minimum Gasteiger partial charge on any atom is -1.00 e. The van der Waals surface area contributed by atoms with E-state index >= 15 is 0 Å². The van der Waals surface area contributed by atoms with Gasteiger partial charge in [-0.25, -0.2) is 4.90 Å². The van der Waals surface area contributed by atoms with Gasteiger partial charge in [-0.05, 0) is 41.5 Å². The van der Waals surface area contributed by atoms with Crippen molar-refractivity contribution in [1.29, 1.82) is 0 Å². The average molecular weight is 221 g/mol. The molecular weight excluding hydrogens is 196 g/mol. The Hall–Kier alpha value is 0.210. The van der Waals surface area contributed by atoms with Crippen molar-refractivity contribution in [3.8, 4) is 0 Å². The van der Waals surface area contributed by atoms with Gasteiger partial charge in [0.1, 0.15) is 6.67 Å². The number of nitrogens with one attached hydrogen (secondary N) is 1. The van der Waals surface area contributed by atoms with Gasteiger partial charge in [0.15, 0.2) is 0 Å². The fraction of sp³-hybridized carbons (Fsp3) is 1.00. The smallest absolute Gasteiger partial charge is 0.134 e. The maximum Gasteiger partial charge on any atom is 0.134 e. The molecule has 0 saturated carbocycles. The average Bonchev–Trinajstić information content (AvgIpc) is 2.28. The van der Waals surface area contributed by atoms with Crippen molar-refractivity contribution in [3.05, 3.63) is 0 Å². The lowest BCUT2D eigenvalue weighted by atomic mass is 10.1. The van der Waals surface area contributed by atoms with Gasteiger partial charge >= 0.3 is 0 Å². The molecule has 1 N–H and O–H groups in total. The molecule has 0 amide bonds. The van der Waals surface area contributed by atoms with Crippen LogP contribution in [0.1, 0.15) is 41.5 Å². The zero-order chi connectivity index (χ0) is 10.3. The second kappa shape index (κ2) is 4.38. The van der Waals surface area contributed by atoms with Crippen LogP contribution < -0.4 is 17.3 Å². The minimum atomic E-state index is 0. The third-order valence-electron chi connectivity index (χ3n) is 3.07. The zero-order valence-corrected chi connectivity index (χ0v) is 11.2. The molecule has 1 rings (SSSR count). The zero-order valence-electron chi connectivity index (χ0n) is 10.4. The van der Waals surface area contributed by atoms with E-state index in [1.54, 1.807) is 4.90 Å². The van der Waals surface area contributed by atoms with Gasteiger partial charge in [0.05, 0.1) is 18.6 Å². The van der Waals surface area contributed by atoms with Gasteiger partial charge in [0.2, 0.25) is 0 Å². The Kier molecular flexibility index (Phi) is 4.44. The first-order valence-corrected chi connectivity index (χ1v) is 5.31. The minimum absolute atomic E-state index is 0. The summed E-state index contributed by atoms with van der Waals surface area (Å²) in [5.41, 5.74) is 0.743. The molecule has 0 aromatic carbocycles. The Bertz CT molecular complexity index is 159. The molecule has 1 fully saturated rings. The Balaban J connectivity index is 0.00000169. The molecular formula is C11H25ClN2. The van der Waals surface area contributed by atoms with E-state index in [0.717, 1.165) is 0 Å². The van der Waals surface area contributed by atoms with E-state index in [-0.39, 0.29) is 12.4 Å². The summed E-state index contributed by atoms with van der Waals surface area (Å²) in [4.78, 5) is 4.29. The highest BCUT2D eigenvalue weighted by atomic mass is 35.5. The highest BCUT2D eigenvalue weighted by Gasteiger charge is 2.36. The topological polar surface area (TPSA) is 7.68 Å². The van der Waals surface area contributed by atoms with E-state index in [1.165, 1.54) is 19.8 Å². The first kappa shape index (κ1) is 14.2. The molecule has 1 saturated heterocycles. The number of nitrogens with zero attached hydrogens (tertiary/aromatic N) is 1. The van der Waals surface area contributed by atoms with Crippen molar-refractivity contribution >= 4 is 0 Å². The van der Waals surface area contributed by atoms with Crippen LogP contribution in [0, 0.1) is 0 Å². The lowest BCUT2D eigenvalue weighted by Crippen LogP contribution is -3.17. The van der Waals surface area contributed by atoms with Crippen LogP contribution in [0.2, 0.25) is 0 Å². The molecule has 0 spiro atoms. The van der Waals surface area contributed by atoms with Gasteiger partial charge in [0, 0.05) is 5.54 Å².